The Morgan fingerprint density at radius 1 is 1.37 bits per heavy atom. The molecule has 1 unspecified atom stereocenters. The summed E-state index contributed by atoms with van der Waals surface area (Å²) in [7, 11) is 1.80. The average molecular weight is 395 g/mol. The summed E-state index contributed by atoms with van der Waals surface area (Å²) in [5.41, 5.74) is 0.671. The zero-order valence-corrected chi connectivity index (χ0v) is 17.5. The van der Waals surface area contributed by atoms with Gasteiger partial charge in [-0.3, -0.25) is 14.5 Å². The van der Waals surface area contributed by atoms with Crippen molar-refractivity contribution in [2.45, 2.75) is 45.8 Å². The average Bonchev–Trinajstić information content (AvgIpc) is 3.21. The van der Waals surface area contributed by atoms with Crippen molar-refractivity contribution in [3.8, 4) is 0 Å². The summed E-state index contributed by atoms with van der Waals surface area (Å²) in [6.45, 7) is 11.3. The van der Waals surface area contributed by atoms with Crippen molar-refractivity contribution in [1.82, 2.24) is 19.7 Å². The van der Waals surface area contributed by atoms with Crippen molar-refractivity contribution in [2.75, 3.05) is 39.9 Å². The van der Waals surface area contributed by atoms with Crippen LogP contribution in [0, 0.1) is 5.92 Å². The molecule has 2 amide bonds. The maximum atomic E-state index is 12.8. The third kappa shape index (κ3) is 5.06. The highest BCUT2D eigenvalue weighted by Gasteiger charge is 2.40. The van der Waals surface area contributed by atoms with E-state index in [4.69, 9.17) is 4.74 Å². The summed E-state index contributed by atoms with van der Waals surface area (Å²) in [6, 6.07) is 0. The highest BCUT2D eigenvalue weighted by atomic mass is 32.1. The van der Waals surface area contributed by atoms with E-state index in [-0.39, 0.29) is 23.3 Å². The second kappa shape index (κ2) is 8.24. The first kappa shape index (κ1) is 20.2. The van der Waals surface area contributed by atoms with Crippen molar-refractivity contribution in [3.63, 3.8) is 0 Å². The van der Waals surface area contributed by atoms with Crippen LogP contribution in [0.15, 0.2) is 5.38 Å². The SMILES string of the molecule is CN(Cc1csc(CN2CCOCC2)n1)C(=O)C1CC(=O)N(C(C)(C)C)C1. The van der Waals surface area contributed by atoms with Crippen LogP contribution in [-0.2, 0) is 27.4 Å². The third-order valence-corrected chi connectivity index (χ3v) is 6.00. The van der Waals surface area contributed by atoms with E-state index in [0.29, 0.717) is 19.5 Å². The summed E-state index contributed by atoms with van der Waals surface area (Å²) in [5.74, 6) is -0.165. The van der Waals surface area contributed by atoms with Crippen molar-refractivity contribution in [1.29, 1.82) is 0 Å². The van der Waals surface area contributed by atoms with Crippen LogP contribution in [-0.4, -0.2) is 76.9 Å². The summed E-state index contributed by atoms with van der Waals surface area (Å²) in [6.07, 6.45) is 0.305. The summed E-state index contributed by atoms with van der Waals surface area (Å²) in [5, 5.41) is 3.10. The van der Waals surface area contributed by atoms with Gasteiger partial charge >= 0.3 is 0 Å². The minimum absolute atomic E-state index is 0.0258. The largest absolute Gasteiger partial charge is 0.379 e. The Kier molecular flexibility index (Phi) is 6.18. The highest BCUT2D eigenvalue weighted by molar-refractivity contribution is 7.09. The molecule has 1 atom stereocenters. The number of likely N-dealkylation sites (tertiary alicyclic amines) is 1. The molecule has 8 heteroatoms. The van der Waals surface area contributed by atoms with Gasteiger partial charge in [0, 0.05) is 44.0 Å². The smallest absolute Gasteiger partial charge is 0.228 e. The minimum atomic E-state index is -0.256. The molecule has 3 heterocycles. The number of thiazole rings is 1. The fourth-order valence-electron chi connectivity index (χ4n) is 3.60. The van der Waals surface area contributed by atoms with E-state index in [9.17, 15) is 9.59 Å². The predicted octanol–water partition coefficient (Wildman–Crippen LogP) is 1.58. The molecule has 0 saturated carbocycles. The molecule has 3 rings (SSSR count). The molecule has 0 N–H and O–H groups in total. The monoisotopic (exact) mass is 394 g/mol. The Morgan fingerprint density at radius 3 is 2.70 bits per heavy atom. The van der Waals surface area contributed by atoms with Crippen LogP contribution in [0.2, 0.25) is 0 Å². The number of carbonyl (C=O) groups excluding carboxylic acids is 2. The van der Waals surface area contributed by atoms with E-state index in [1.54, 1.807) is 23.3 Å². The van der Waals surface area contributed by atoms with E-state index in [1.165, 1.54) is 0 Å². The number of hydrogen-bond donors (Lipinski definition) is 0. The number of nitrogens with zero attached hydrogens (tertiary/aromatic N) is 4. The molecular weight excluding hydrogens is 364 g/mol. The standard InChI is InChI=1S/C19H30N4O3S/c1-19(2,3)23-10-14(9-17(23)24)18(25)21(4)11-15-13-27-16(20-15)12-22-5-7-26-8-6-22/h13-14H,5-12H2,1-4H3. The summed E-state index contributed by atoms with van der Waals surface area (Å²) < 4.78 is 5.38. The van der Waals surface area contributed by atoms with Gasteiger partial charge in [0.05, 0.1) is 37.9 Å². The van der Waals surface area contributed by atoms with Crippen LogP contribution < -0.4 is 0 Å². The molecule has 7 nitrogen and oxygen atoms in total. The van der Waals surface area contributed by atoms with Crippen LogP contribution in [0.3, 0.4) is 0 Å². The van der Waals surface area contributed by atoms with Gasteiger partial charge in [0.15, 0.2) is 0 Å². The molecule has 27 heavy (non-hydrogen) atoms. The number of ether oxygens (including phenoxy) is 1. The Hall–Kier alpha value is -1.51. The Bertz CT molecular complexity index is 679. The minimum Gasteiger partial charge on any atom is -0.379 e. The molecular formula is C19H30N4O3S. The Labute approximate surface area is 165 Å². The van der Waals surface area contributed by atoms with E-state index in [1.807, 2.05) is 31.1 Å². The van der Waals surface area contributed by atoms with E-state index < -0.39 is 0 Å². The lowest BCUT2D eigenvalue weighted by Gasteiger charge is -2.32. The van der Waals surface area contributed by atoms with Gasteiger partial charge < -0.3 is 14.5 Å². The van der Waals surface area contributed by atoms with Crippen LogP contribution in [0.5, 0.6) is 0 Å². The molecule has 2 aliphatic rings. The maximum Gasteiger partial charge on any atom is 0.228 e. The molecule has 1 aromatic heterocycles. The predicted molar refractivity (Wildman–Crippen MR) is 104 cm³/mol. The molecule has 150 valence electrons. The molecule has 0 bridgehead atoms. The van der Waals surface area contributed by atoms with Gasteiger partial charge in [0.1, 0.15) is 5.01 Å². The van der Waals surface area contributed by atoms with Crippen LogP contribution in [0.1, 0.15) is 37.9 Å². The number of carbonyl (C=O) groups is 2. The molecule has 0 aliphatic carbocycles. The quantitative estimate of drug-likeness (QED) is 0.759. The topological polar surface area (TPSA) is 66.0 Å². The van der Waals surface area contributed by atoms with Gasteiger partial charge in [-0.15, -0.1) is 11.3 Å². The van der Waals surface area contributed by atoms with Crippen molar-refractivity contribution in [3.05, 3.63) is 16.1 Å². The zero-order chi connectivity index (χ0) is 19.6. The zero-order valence-electron chi connectivity index (χ0n) is 16.7. The Balaban J connectivity index is 1.53. The number of morpholine rings is 1. The normalized spacial score (nSPS) is 21.7. The van der Waals surface area contributed by atoms with Gasteiger partial charge in [-0.2, -0.15) is 0 Å². The van der Waals surface area contributed by atoms with Crippen molar-refractivity contribution in [2.24, 2.45) is 5.92 Å². The van der Waals surface area contributed by atoms with Gasteiger partial charge in [0.2, 0.25) is 11.8 Å². The number of rotatable bonds is 5. The molecule has 0 radical (unpaired) electrons. The second-order valence-electron chi connectivity index (χ2n) is 8.39. The third-order valence-electron chi connectivity index (χ3n) is 5.12. The lowest BCUT2D eigenvalue weighted by Crippen LogP contribution is -2.43. The first-order chi connectivity index (χ1) is 12.7. The molecule has 2 saturated heterocycles. The summed E-state index contributed by atoms with van der Waals surface area (Å²) in [4.78, 5) is 35.6. The van der Waals surface area contributed by atoms with Gasteiger partial charge in [-0.1, -0.05) is 0 Å². The van der Waals surface area contributed by atoms with Crippen molar-refractivity contribution >= 4 is 23.2 Å². The molecule has 2 aliphatic heterocycles. The second-order valence-corrected chi connectivity index (χ2v) is 9.33. The molecule has 2 fully saturated rings. The summed E-state index contributed by atoms with van der Waals surface area (Å²) >= 11 is 1.64. The first-order valence-electron chi connectivity index (χ1n) is 9.53. The van der Waals surface area contributed by atoms with Crippen LogP contribution in [0.25, 0.3) is 0 Å². The number of aromatic nitrogens is 1. The van der Waals surface area contributed by atoms with Crippen LogP contribution in [0.4, 0.5) is 0 Å². The number of amides is 2. The maximum absolute atomic E-state index is 12.8. The lowest BCUT2D eigenvalue weighted by atomic mass is 10.1. The first-order valence-corrected chi connectivity index (χ1v) is 10.4. The fourth-order valence-corrected chi connectivity index (χ4v) is 4.42. The van der Waals surface area contributed by atoms with E-state index >= 15 is 0 Å². The number of hydrogen-bond acceptors (Lipinski definition) is 6. The van der Waals surface area contributed by atoms with E-state index in [2.05, 4.69) is 9.88 Å². The van der Waals surface area contributed by atoms with Gasteiger partial charge in [-0.05, 0) is 20.8 Å². The Morgan fingerprint density at radius 2 is 2.07 bits per heavy atom. The lowest BCUT2D eigenvalue weighted by molar-refractivity contribution is -0.135. The van der Waals surface area contributed by atoms with Gasteiger partial charge in [-0.25, -0.2) is 4.98 Å². The van der Waals surface area contributed by atoms with E-state index in [0.717, 1.165) is 43.5 Å². The van der Waals surface area contributed by atoms with Crippen molar-refractivity contribution < 1.29 is 14.3 Å². The fraction of sp³-hybridized carbons (Fsp3) is 0.737. The van der Waals surface area contributed by atoms with Gasteiger partial charge in [0.25, 0.3) is 0 Å². The highest BCUT2D eigenvalue weighted by Crippen LogP contribution is 2.27. The molecule has 0 aromatic carbocycles. The van der Waals surface area contributed by atoms with Crippen LogP contribution >= 0.6 is 11.3 Å². The molecule has 1 aromatic rings. The molecule has 0 spiro atoms.